The first-order chi connectivity index (χ1) is 13.2. The molecule has 8 nitrogen and oxygen atoms in total. The van der Waals surface area contributed by atoms with E-state index < -0.39 is 47.6 Å². The number of esters is 2. The van der Waals surface area contributed by atoms with Crippen molar-refractivity contribution in [2.45, 2.75) is 38.8 Å². The summed E-state index contributed by atoms with van der Waals surface area (Å²) in [6.45, 7) is 2.79. The fourth-order valence-corrected chi connectivity index (χ4v) is 2.63. The number of ether oxygens (including phenoxy) is 2. The summed E-state index contributed by atoms with van der Waals surface area (Å²) in [5, 5.41) is 4.97. The molecule has 0 spiro atoms. The molecule has 1 rings (SSSR count). The number of amides is 2. The van der Waals surface area contributed by atoms with Crippen molar-refractivity contribution >= 4 is 23.8 Å². The van der Waals surface area contributed by atoms with E-state index in [1.807, 2.05) is 0 Å². The number of halogens is 1. The summed E-state index contributed by atoms with van der Waals surface area (Å²) in [5.74, 6) is -3.55. The Hall–Kier alpha value is -2.97. The highest BCUT2D eigenvalue weighted by Crippen LogP contribution is 2.11. The van der Waals surface area contributed by atoms with Gasteiger partial charge in [0.2, 0.25) is 11.8 Å². The molecular weight excluding hydrogens is 371 g/mol. The first-order valence-corrected chi connectivity index (χ1v) is 8.65. The van der Waals surface area contributed by atoms with Gasteiger partial charge in [-0.1, -0.05) is 19.1 Å². The van der Waals surface area contributed by atoms with E-state index in [4.69, 9.17) is 0 Å². The molecule has 0 saturated heterocycles. The van der Waals surface area contributed by atoms with Crippen LogP contribution in [0.2, 0.25) is 0 Å². The molecular formula is C19H25FN2O6. The van der Waals surface area contributed by atoms with Crippen LogP contribution >= 0.6 is 0 Å². The zero-order valence-electron chi connectivity index (χ0n) is 16.3. The third kappa shape index (κ3) is 7.34. The Kier molecular flexibility index (Phi) is 9.07. The second-order valence-electron chi connectivity index (χ2n) is 6.33. The lowest BCUT2D eigenvalue weighted by Crippen LogP contribution is -2.53. The number of carbonyl (C=O) groups excluding carboxylic acids is 4. The number of nitrogens with one attached hydrogen (secondary N) is 2. The second-order valence-corrected chi connectivity index (χ2v) is 6.33. The third-order valence-electron chi connectivity index (χ3n) is 4.02. The smallest absolute Gasteiger partial charge is 0.328 e. The van der Waals surface area contributed by atoms with Gasteiger partial charge in [-0.25, -0.2) is 9.18 Å². The van der Waals surface area contributed by atoms with E-state index in [1.165, 1.54) is 32.2 Å². The Labute approximate surface area is 162 Å². The van der Waals surface area contributed by atoms with Gasteiger partial charge in [0, 0.05) is 13.3 Å². The van der Waals surface area contributed by atoms with Gasteiger partial charge in [0.05, 0.1) is 20.1 Å². The van der Waals surface area contributed by atoms with Crippen molar-refractivity contribution in [3.8, 4) is 0 Å². The highest BCUT2D eigenvalue weighted by molar-refractivity contribution is 5.90. The Morgan fingerprint density at radius 3 is 2.21 bits per heavy atom. The first kappa shape index (κ1) is 23.1. The Balaban J connectivity index is 2.95. The second kappa shape index (κ2) is 11.0. The van der Waals surface area contributed by atoms with E-state index in [2.05, 4.69) is 20.1 Å². The lowest BCUT2D eigenvalue weighted by molar-refractivity contribution is -0.149. The standard InChI is InChI=1S/C19H25FN2O6/c1-11(18(25)27-3)8-16(19(26)28-4)22-17(24)15(21-12(2)23)10-13-6-5-7-14(20)9-13/h5-7,9,11,15-16H,8,10H2,1-4H3,(H,21,23)(H,22,24)/t11-,15+,16-/m0/s1. The average Bonchev–Trinajstić information content (AvgIpc) is 2.65. The number of rotatable bonds is 9. The lowest BCUT2D eigenvalue weighted by atomic mass is 10.0. The molecule has 0 aliphatic rings. The first-order valence-electron chi connectivity index (χ1n) is 8.65. The van der Waals surface area contributed by atoms with Crippen molar-refractivity contribution in [2.24, 2.45) is 5.92 Å². The maximum absolute atomic E-state index is 13.4. The van der Waals surface area contributed by atoms with E-state index >= 15 is 0 Å². The van der Waals surface area contributed by atoms with Crippen LogP contribution in [-0.4, -0.2) is 50.1 Å². The van der Waals surface area contributed by atoms with Crippen molar-refractivity contribution in [3.05, 3.63) is 35.6 Å². The molecule has 0 fully saturated rings. The minimum Gasteiger partial charge on any atom is -0.469 e. The molecule has 0 aromatic heterocycles. The zero-order chi connectivity index (χ0) is 21.3. The van der Waals surface area contributed by atoms with Crippen LogP contribution in [0.4, 0.5) is 4.39 Å². The van der Waals surface area contributed by atoms with Crippen molar-refractivity contribution in [1.82, 2.24) is 10.6 Å². The molecule has 2 amide bonds. The molecule has 0 heterocycles. The Morgan fingerprint density at radius 2 is 1.68 bits per heavy atom. The molecule has 1 aromatic carbocycles. The molecule has 0 unspecified atom stereocenters. The average molecular weight is 396 g/mol. The van der Waals surface area contributed by atoms with Gasteiger partial charge < -0.3 is 20.1 Å². The maximum atomic E-state index is 13.4. The molecule has 1 aromatic rings. The topological polar surface area (TPSA) is 111 Å². The fourth-order valence-electron chi connectivity index (χ4n) is 2.63. The van der Waals surface area contributed by atoms with Crippen LogP contribution in [-0.2, 0) is 35.1 Å². The van der Waals surface area contributed by atoms with Crippen LogP contribution in [0.25, 0.3) is 0 Å². The van der Waals surface area contributed by atoms with Gasteiger partial charge in [-0.15, -0.1) is 0 Å². The number of methoxy groups -OCH3 is 2. The van der Waals surface area contributed by atoms with E-state index in [9.17, 15) is 23.6 Å². The van der Waals surface area contributed by atoms with Gasteiger partial charge in [0.25, 0.3) is 0 Å². The highest BCUT2D eigenvalue weighted by atomic mass is 19.1. The van der Waals surface area contributed by atoms with Gasteiger partial charge in [-0.2, -0.15) is 0 Å². The van der Waals surface area contributed by atoms with Crippen LogP contribution in [0.3, 0.4) is 0 Å². The SMILES string of the molecule is COC(=O)[C@H](C[C@H](C)C(=O)OC)NC(=O)[C@@H](Cc1cccc(F)c1)NC(C)=O. The van der Waals surface area contributed by atoms with Gasteiger partial charge >= 0.3 is 11.9 Å². The molecule has 154 valence electrons. The van der Waals surface area contributed by atoms with Crippen molar-refractivity contribution < 1.29 is 33.0 Å². The fraction of sp³-hybridized carbons (Fsp3) is 0.474. The van der Waals surface area contributed by atoms with E-state index in [0.717, 1.165) is 7.11 Å². The van der Waals surface area contributed by atoms with Crippen molar-refractivity contribution in [2.75, 3.05) is 14.2 Å². The summed E-state index contributed by atoms with van der Waals surface area (Å²) in [6.07, 6.45) is -0.0263. The number of hydrogen-bond acceptors (Lipinski definition) is 6. The molecule has 9 heteroatoms. The number of benzene rings is 1. The molecule has 28 heavy (non-hydrogen) atoms. The zero-order valence-corrected chi connectivity index (χ0v) is 16.3. The van der Waals surface area contributed by atoms with Crippen LogP contribution in [0.1, 0.15) is 25.8 Å². The van der Waals surface area contributed by atoms with Gasteiger partial charge in [-0.05, 0) is 24.1 Å². The third-order valence-corrected chi connectivity index (χ3v) is 4.02. The Morgan fingerprint density at radius 1 is 1.04 bits per heavy atom. The van der Waals surface area contributed by atoms with E-state index in [1.54, 1.807) is 13.0 Å². The quantitative estimate of drug-likeness (QED) is 0.596. The van der Waals surface area contributed by atoms with Crippen LogP contribution in [0.5, 0.6) is 0 Å². The molecule has 0 aliphatic carbocycles. The highest BCUT2D eigenvalue weighted by Gasteiger charge is 2.30. The van der Waals surface area contributed by atoms with Crippen molar-refractivity contribution in [1.29, 1.82) is 0 Å². The molecule has 0 saturated carbocycles. The summed E-state index contributed by atoms with van der Waals surface area (Å²) in [5.41, 5.74) is 0.492. The van der Waals surface area contributed by atoms with Gasteiger partial charge in [0.15, 0.2) is 0 Å². The monoisotopic (exact) mass is 396 g/mol. The molecule has 2 N–H and O–H groups in total. The van der Waals surface area contributed by atoms with Crippen LogP contribution in [0, 0.1) is 11.7 Å². The van der Waals surface area contributed by atoms with E-state index in [0.29, 0.717) is 5.56 Å². The predicted molar refractivity (Wildman–Crippen MR) is 97.5 cm³/mol. The maximum Gasteiger partial charge on any atom is 0.328 e. The number of hydrogen-bond donors (Lipinski definition) is 2. The largest absolute Gasteiger partial charge is 0.469 e. The van der Waals surface area contributed by atoms with Gasteiger partial charge in [-0.3, -0.25) is 14.4 Å². The summed E-state index contributed by atoms with van der Waals surface area (Å²) >= 11 is 0. The van der Waals surface area contributed by atoms with Crippen LogP contribution in [0.15, 0.2) is 24.3 Å². The minimum absolute atomic E-state index is 0.0175. The normalized spacial score (nSPS) is 13.6. The predicted octanol–water partition coefficient (Wildman–Crippen LogP) is 0.730. The summed E-state index contributed by atoms with van der Waals surface area (Å²) in [6, 6.07) is 3.46. The van der Waals surface area contributed by atoms with Crippen LogP contribution < -0.4 is 10.6 Å². The molecule has 0 aliphatic heterocycles. The van der Waals surface area contributed by atoms with Crippen molar-refractivity contribution in [3.63, 3.8) is 0 Å². The molecule has 0 radical (unpaired) electrons. The van der Waals surface area contributed by atoms with Gasteiger partial charge in [0.1, 0.15) is 17.9 Å². The Bertz CT molecular complexity index is 724. The molecule has 3 atom stereocenters. The summed E-state index contributed by atoms with van der Waals surface area (Å²) < 4.78 is 22.7. The number of carbonyl (C=O) groups is 4. The summed E-state index contributed by atoms with van der Waals surface area (Å²) in [7, 11) is 2.37. The minimum atomic E-state index is -1.12. The lowest BCUT2D eigenvalue weighted by Gasteiger charge is -2.23. The van der Waals surface area contributed by atoms with E-state index in [-0.39, 0.29) is 12.8 Å². The summed E-state index contributed by atoms with van der Waals surface area (Å²) in [4.78, 5) is 47.8. The molecule has 0 bridgehead atoms.